The predicted molar refractivity (Wildman–Crippen MR) is 50.2 cm³/mol. The highest BCUT2D eigenvalue weighted by molar-refractivity contribution is 6.29. The standard InChI is InChI=1S/C8H9ClN2O3/c1-13-7-5(4-14-8(10)12)2-3-6(9)11-7/h2-3H,4H2,1H3,(H2,10,12). The van der Waals surface area contributed by atoms with Crippen LogP contribution in [0, 0.1) is 0 Å². The van der Waals surface area contributed by atoms with Crippen molar-refractivity contribution >= 4 is 17.7 Å². The number of amides is 1. The summed E-state index contributed by atoms with van der Waals surface area (Å²) in [6.45, 7) is 0.0165. The van der Waals surface area contributed by atoms with Crippen LogP contribution in [0.1, 0.15) is 5.56 Å². The molecule has 0 aliphatic heterocycles. The summed E-state index contributed by atoms with van der Waals surface area (Å²) >= 11 is 5.63. The van der Waals surface area contributed by atoms with Crippen LogP contribution in [0.2, 0.25) is 5.15 Å². The number of aromatic nitrogens is 1. The van der Waals surface area contributed by atoms with E-state index in [0.29, 0.717) is 16.6 Å². The second-order valence-corrected chi connectivity index (χ2v) is 2.80. The van der Waals surface area contributed by atoms with Crippen LogP contribution in [0.3, 0.4) is 0 Å². The minimum Gasteiger partial charge on any atom is -0.481 e. The molecule has 5 nitrogen and oxygen atoms in total. The molecule has 0 atom stereocenters. The van der Waals surface area contributed by atoms with Gasteiger partial charge in [-0.2, -0.15) is 0 Å². The minimum atomic E-state index is -0.845. The highest BCUT2D eigenvalue weighted by Crippen LogP contribution is 2.19. The van der Waals surface area contributed by atoms with Crippen molar-refractivity contribution < 1.29 is 14.3 Å². The van der Waals surface area contributed by atoms with Crippen molar-refractivity contribution in [2.75, 3.05) is 7.11 Å². The van der Waals surface area contributed by atoms with E-state index in [1.165, 1.54) is 7.11 Å². The van der Waals surface area contributed by atoms with Gasteiger partial charge in [0, 0.05) is 0 Å². The summed E-state index contributed by atoms with van der Waals surface area (Å²) in [4.78, 5) is 14.2. The van der Waals surface area contributed by atoms with Gasteiger partial charge in [0.25, 0.3) is 0 Å². The van der Waals surface area contributed by atoms with Gasteiger partial charge in [0.15, 0.2) is 0 Å². The summed E-state index contributed by atoms with van der Waals surface area (Å²) < 4.78 is 9.52. The number of rotatable bonds is 3. The molecule has 0 spiro atoms. The fourth-order valence-electron chi connectivity index (χ4n) is 0.882. The number of hydrogen-bond acceptors (Lipinski definition) is 4. The van der Waals surface area contributed by atoms with E-state index < -0.39 is 6.09 Å². The summed E-state index contributed by atoms with van der Waals surface area (Å²) in [6, 6.07) is 3.22. The number of pyridine rings is 1. The number of methoxy groups -OCH3 is 1. The molecular formula is C8H9ClN2O3. The van der Waals surface area contributed by atoms with Crippen LogP contribution in [-0.2, 0) is 11.3 Å². The zero-order chi connectivity index (χ0) is 10.6. The highest BCUT2D eigenvalue weighted by Gasteiger charge is 2.06. The van der Waals surface area contributed by atoms with E-state index in [1.807, 2.05) is 0 Å². The average Bonchev–Trinajstić information content (AvgIpc) is 2.15. The Labute approximate surface area is 85.8 Å². The molecule has 0 aromatic carbocycles. The fourth-order valence-corrected chi connectivity index (χ4v) is 1.02. The van der Waals surface area contributed by atoms with E-state index in [0.717, 1.165) is 0 Å². The lowest BCUT2D eigenvalue weighted by molar-refractivity contribution is 0.149. The zero-order valence-electron chi connectivity index (χ0n) is 7.49. The number of carbonyl (C=O) groups excluding carboxylic acids is 1. The number of hydrogen-bond donors (Lipinski definition) is 1. The summed E-state index contributed by atoms with van der Waals surface area (Å²) in [6.07, 6.45) is -0.845. The number of carbonyl (C=O) groups is 1. The lowest BCUT2D eigenvalue weighted by Gasteiger charge is -2.06. The molecule has 14 heavy (non-hydrogen) atoms. The SMILES string of the molecule is COc1nc(Cl)ccc1COC(N)=O. The lowest BCUT2D eigenvalue weighted by Crippen LogP contribution is -2.13. The molecule has 1 aromatic heterocycles. The van der Waals surface area contributed by atoms with Gasteiger partial charge in [-0.05, 0) is 12.1 Å². The number of nitrogens with zero attached hydrogens (tertiary/aromatic N) is 1. The van der Waals surface area contributed by atoms with Gasteiger partial charge in [-0.25, -0.2) is 9.78 Å². The van der Waals surface area contributed by atoms with Crippen LogP contribution < -0.4 is 10.5 Å². The first-order valence-corrected chi connectivity index (χ1v) is 4.13. The highest BCUT2D eigenvalue weighted by atomic mass is 35.5. The molecule has 0 saturated heterocycles. The third-order valence-corrected chi connectivity index (χ3v) is 1.68. The molecule has 2 N–H and O–H groups in total. The van der Waals surface area contributed by atoms with Crippen LogP contribution in [-0.4, -0.2) is 18.2 Å². The summed E-state index contributed by atoms with van der Waals surface area (Å²) in [7, 11) is 1.45. The fraction of sp³-hybridized carbons (Fsp3) is 0.250. The topological polar surface area (TPSA) is 74.4 Å². The quantitative estimate of drug-likeness (QED) is 0.774. The van der Waals surface area contributed by atoms with Gasteiger partial charge in [0.05, 0.1) is 12.7 Å². The maximum atomic E-state index is 10.4. The summed E-state index contributed by atoms with van der Waals surface area (Å²) in [5.74, 6) is 0.318. The molecule has 0 aliphatic rings. The Morgan fingerprint density at radius 3 is 2.93 bits per heavy atom. The van der Waals surface area contributed by atoms with Gasteiger partial charge in [-0.15, -0.1) is 0 Å². The smallest absolute Gasteiger partial charge is 0.404 e. The number of halogens is 1. The summed E-state index contributed by atoms with van der Waals surface area (Å²) in [5.41, 5.74) is 5.42. The Kier molecular flexibility index (Phi) is 3.53. The Balaban J connectivity index is 2.80. The van der Waals surface area contributed by atoms with Crippen LogP contribution >= 0.6 is 11.6 Å². The molecule has 0 saturated carbocycles. The molecular weight excluding hydrogens is 208 g/mol. The summed E-state index contributed by atoms with van der Waals surface area (Å²) in [5, 5.41) is 0.310. The van der Waals surface area contributed by atoms with Crippen molar-refractivity contribution in [1.82, 2.24) is 4.98 Å². The Bertz CT molecular complexity index is 343. The second kappa shape index (κ2) is 4.66. The zero-order valence-corrected chi connectivity index (χ0v) is 8.25. The van der Waals surface area contributed by atoms with Crippen LogP contribution in [0.5, 0.6) is 5.88 Å². The Hall–Kier alpha value is -1.49. The van der Waals surface area contributed by atoms with Crippen LogP contribution in [0.25, 0.3) is 0 Å². The number of ether oxygens (including phenoxy) is 2. The van der Waals surface area contributed by atoms with E-state index in [1.54, 1.807) is 12.1 Å². The maximum Gasteiger partial charge on any atom is 0.404 e. The molecule has 0 aliphatic carbocycles. The number of nitrogens with two attached hydrogens (primary N) is 1. The molecule has 0 bridgehead atoms. The molecule has 0 unspecified atom stereocenters. The van der Waals surface area contributed by atoms with E-state index in [-0.39, 0.29) is 6.61 Å². The number of primary amides is 1. The monoisotopic (exact) mass is 216 g/mol. The van der Waals surface area contributed by atoms with Gasteiger partial charge in [0.2, 0.25) is 5.88 Å². The average molecular weight is 217 g/mol. The lowest BCUT2D eigenvalue weighted by atomic mass is 10.3. The van der Waals surface area contributed by atoms with Crippen LogP contribution in [0.15, 0.2) is 12.1 Å². The van der Waals surface area contributed by atoms with Crippen molar-refractivity contribution in [2.45, 2.75) is 6.61 Å². The molecule has 1 aromatic rings. The Morgan fingerprint density at radius 2 is 2.36 bits per heavy atom. The molecule has 76 valence electrons. The first kappa shape index (κ1) is 10.6. The maximum absolute atomic E-state index is 10.4. The minimum absolute atomic E-state index is 0.0165. The van der Waals surface area contributed by atoms with Crippen LogP contribution in [0.4, 0.5) is 4.79 Å². The van der Waals surface area contributed by atoms with Crippen molar-refractivity contribution in [3.05, 3.63) is 22.8 Å². The van der Waals surface area contributed by atoms with Crippen molar-refractivity contribution in [2.24, 2.45) is 5.73 Å². The van der Waals surface area contributed by atoms with Crippen molar-refractivity contribution in [1.29, 1.82) is 0 Å². The van der Waals surface area contributed by atoms with Gasteiger partial charge in [-0.3, -0.25) is 0 Å². The van der Waals surface area contributed by atoms with E-state index in [4.69, 9.17) is 22.1 Å². The van der Waals surface area contributed by atoms with E-state index in [9.17, 15) is 4.79 Å². The molecule has 0 radical (unpaired) electrons. The third-order valence-electron chi connectivity index (χ3n) is 1.47. The second-order valence-electron chi connectivity index (χ2n) is 2.41. The van der Waals surface area contributed by atoms with E-state index in [2.05, 4.69) is 9.72 Å². The molecule has 0 fully saturated rings. The first-order valence-electron chi connectivity index (χ1n) is 3.75. The van der Waals surface area contributed by atoms with E-state index >= 15 is 0 Å². The Morgan fingerprint density at radius 1 is 1.64 bits per heavy atom. The largest absolute Gasteiger partial charge is 0.481 e. The first-order chi connectivity index (χ1) is 6.63. The molecule has 1 amide bonds. The van der Waals surface area contributed by atoms with Crippen molar-refractivity contribution in [3.8, 4) is 5.88 Å². The normalized spacial score (nSPS) is 9.57. The van der Waals surface area contributed by atoms with Gasteiger partial charge < -0.3 is 15.2 Å². The third kappa shape index (κ3) is 2.77. The van der Waals surface area contributed by atoms with Gasteiger partial charge in [0.1, 0.15) is 11.8 Å². The van der Waals surface area contributed by atoms with Gasteiger partial charge >= 0.3 is 6.09 Å². The molecule has 1 heterocycles. The molecule has 1 rings (SSSR count). The predicted octanol–water partition coefficient (Wildman–Crippen LogP) is 1.34. The van der Waals surface area contributed by atoms with Crippen molar-refractivity contribution in [3.63, 3.8) is 0 Å². The molecule has 6 heteroatoms. The van der Waals surface area contributed by atoms with Gasteiger partial charge in [-0.1, -0.05) is 11.6 Å².